The van der Waals surface area contributed by atoms with E-state index in [1.54, 1.807) is 37.2 Å². The van der Waals surface area contributed by atoms with Crippen LogP contribution in [-0.4, -0.2) is 55.4 Å². The molecule has 1 saturated heterocycles. The second kappa shape index (κ2) is 5.92. The fraction of sp³-hybridized carbons (Fsp3) is 0.429. The van der Waals surface area contributed by atoms with Crippen molar-refractivity contribution in [3.05, 3.63) is 29.8 Å². The quantitative estimate of drug-likeness (QED) is 0.913. The van der Waals surface area contributed by atoms with E-state index in [1.165, 1.54) is 11.0 Å². The number of nitrogens with zero attached hydrogens (tertiary/aromatic N) is 2. The van der Waals surface area contributed by atoms with Crippen LogP contribution in [0, 0.1) is 0 Å². The zero-order valence-electron chi connectivity index (χ0n) is 11.6. The number of hydrogen-bond donors (Lipinski definition) is 1. The smallest absolute Gasteiger partial charge is 0.337 e. The second-order valence-electron chi connectivity index (χ2n) is 4.79. The molecule has 1 aliphatic heterocycles. The SMILES string of the molecule is CN(C(=O)N(C)C1CCOC1)c1ccccc1C(=O)O. The second-order valence-corrected chi connectivity index (χ2v) is 4.79. The van der Waals surface area contributed by atoms with E-state index < -0.39 is 5.97 Å². The molecule has 6 nitrogen and oxygen atoms in total. The molecular weight excluding hydrogens is 260 g/mol. The molecule has 20 heavy (non-hydrogen) atoms. The molecule has 2 rings (SSSR count). The molecule has 0 bridgehead atoms. The molecule has 1 N–H and O–H groups in total. The van der Waals surface area contributed by atoms with Gasteiger partial charge in [0.15, 0.2) is 0 Å². The summed E-state index contributed by atoms with van der Waals surface area (Å²) in [6.07, 6.45) is 0.802. The molecule has 2 amide bonds. The summed E-state index contributed by atoms with van der Waals surface area (Å²) in [5, 5.41) is 9.17. The normalized spacial score (nSPS) is 17.8. The average Bonchev–Trinajstić information content (AvgIpc) is 2.99. The molecule has 108 valence electrons. The van der Waals surface area contributed by atoms with Gasteiger partial charge < -0.3 is 14.7 Å². The molecule has 1 aliphatic rings. The van der Waals surface area contributed by atoms with Gasteiger partial charge in [-0.1, -0.05) is 12.1 Å². The van der Waals surface area contributed by atoms with Crippen molar-refractivity contribution in [3.63, 3.8) is 0 Å². The van der Waals surface area contributed by atoms with Crippen molar-refractivity contribution < 1.29 is 19.4 Å². The Balaban J connectivity index is 2.20. The molecule has 1 aromatic rings. The van der Waals surface area contributed by atoms with Crippen LogP contribution < -0.4 is 4.90 Å². The maximum Gasteiger partial charge on any atom is 0.337 e. The van der Waals surface area contributed by atoms with Gasteiger partial charge in [-0.2, -0.15) is 0 Å². The van der Waals surface area contributed by atoms with Crippen LogP contribution in [0.4, 0.5) is 10.5 Å². The third-order valence-corrected chi connectivity index (χ3v) is 3.54. The molecular formula is C14H18N2O4. The number of carbonyl (C=O) groups is 2. The average molecular weight is 278 g/mol. The lowest BCUT2D eigenvalue weighted by atomic mass is 10.1. The van der Waals surface area contributed by atoms with Gasteiger partial charge in [-0.05, 0) is 18.6 Å². The molecule has 0 aliphatic carbocycles. The number of benzene rings is 1. The lowest BCUT2D eigenvalue weighted by Gasteiger charge is -2.29. The van der Waals surface area contributed by atoms with Gasteiger partial charge >= 0.3 is 12.0 Å². The van der Waals surface area contributed by atoms with Gasteiger partial charge in [0, 0.05) is 20.7 Å². The number of urea groups is 1. The molecule has 1 aromatic carbocycles. The Bertz CT molecular complexity index is 512. The first kappa shape index (κ1) is 14.3. The molecule has 1 heterocycles. The van der Waals surface area contributed by atoms with E-state index in [0.717, 1.165) is 6.42 Å². The van der Waals surface area contributed by atoms with Gasteiger partial charge in [-0.3, -0.25) is 4.90 Å². The van der Waals surface area contributed by atoms with Gasteiger partial charge in [0.2, 0.25) is 0 Å². The molecule has 1 atom stereocenters. The van der Waals surface area contributed by atoms with Gasteiger partial charge in [0.05, 0.1) is 23.9 Å². The van der Waals surface area contributed by atoms with Crippen molar-refractivity contribution in [2.45, 2.75) is 12.5 Å². The molecule has 1 fully saturated rings. The Labute approximate surface area is 117 Å². The largest absolute Gasteiger partial charge is 0.478 e. The van der Waals surface area contributed by atoms with Crippen LogP contribution in [0.3, 0.4) is 0 Å². The lowest BCUT2D eigenvalue weighted by molar-refractivity contribution is 0.0697. The summed E-state index contributed by atoms with van der Waals surface area (Å²) >= 11 is 0. The van der Waals surface area contributed by atoms with Crippen LogP contribution in [0.15, 0.2) is 24.3 Å². The Morgan fingerprint density at radius 2 is 2.00 bits per heavy atom. The van der Waals surface area contributed by atoms with Crippen molar-refractivity contribution in [1.82, 2.24) is 4.90 Å². The monoisotopic (exact) mass is 278 g/mol. The lowest BCUT2D eigenvalue weighted by Crippen LogP contribution is -2.45. The first-order valence-corrected chi connectivity index (χ1v) is 6.43. The molecule has 0 saturated carbocycles. The topological polar surface area (TPSA) is 70.1 Å². The van der Waals surface area contributed by atoms with Crippen LogP contribution in [0.2, 0.25) is 0 Å². The maximum absolute atomic E-state index is 12.4. The standard InChI is InChI=1S/C14H18N2O4/c1-15(10-7-8-20-9-10)14(19)16(2)12-6-4-3-5-11(12)13(17)18/h3-6,10H,7-9H2,1-2H3,(H,17,18). The minimum Gasteiger partial charge on any atom is -0.478 e. The first-order chi connectivity index (χ1) is 9.52. The van der Waals surface area contributed by atoms with Crippen molar-refractivity contribution >= 4 is 17.7 Å². The molecule has 0 radical (unpaired) electrons. The fourth-order valence-corrected chi connectivity index (χ4v) is 2.27. The zero-order chi connectivity index (χ0) is 14.7. The number of likely N-dealkylation sites (N-methyl/N-ethyl adjacent to an activating group) is 1. The number of anilines is 1. The third kappa shape index (κ3) is 2.75. The van der Waals surface area contributed by atoms with Crippen LogP contribution in [-0.2, 0) is 4.74 Å². The summed E-state index contributed by atoms with van der Waals surface area (Å²) in [4.78, 5) is 26.6. The van der Waals surface area contributed by atoms with Gasteiger partial charge in [0.25, 0.3) is 0 Å². The summed E-state index contributed by atoms with van der Waals surface area (Å²) in [6, 6.07) is 6.26. The van der Waals surface area contributed by atoms with Crippen LogP contribution in [0.1, 0.15) is 16.8 Å². The van der Waals surface area contributed by atoms with Crippen LogP contribution in [0.25, 0.3) is 0 Å². The van der Waals surface area contributed by atoms with E-state index in [1.807, 2.05) is 0 Å². The number of ether oxygens (including phenoxy) is 1. The highest BCUT2D eigenvalue weighted by molar-refractivity contribution is 6.01. The van der Waals surface area contributed by atoms with Crippen LogP contribution in [0.5, 0.6) is 0 Å². The van der Waals surface area contributed by atoms with E-state index in [-0.39, 0.29) is 17.6 Å². The summed E-state index contributed by atoms with van der Waals surface area (Å²) in [5.41, 5.74) is 0.496. The molecule has 0 spiro atoms. The number of carbonyl (C=O) groups excluding carboxylic acids is 1. The summed E-state index contributed by atoms with van der Waals surface area (Å²) in [7, 11) is 3.29. The van der Waals surface area contributed by atoms with Gasteiger partial charge in [-0.15, -0.1) is 0 Å². The minimum absolute atomic E-state index is 0.0435. The Hall–Kier alpha value is -2.08. The van der Waals surface area contributed by atoms with E-state index in [9.17, 15) is 14.7 Å². The first-order valence-electron chi connectivity index (χ1n) is 6.43. The predicted octanol–water partition coefficient (Wildman–Crippen LogP) is 1.66. The van der Waals surface area contributed by atoms with Crippen LogP contribution >= 0.6 is 0 Å². The Kier molecular flexibility index (Phi) is 4.24. The Morgan fingerprint density at radius 1 is 1.30 bits per heavy atom. The number of carboxylic acids is 1. The number of aromatic carboxylic acids is 1. The summed E-state index contributed by atoms with van der Waals surface area (Å²) in [5.74, 6) is -1.05. The van der Waals surface area contributed by atoms with E-state index >= 15 is 0 Å². The number of hydrogen-bond acceptors (Lipinski definition) is 3. The Morgan fingerprint density at radius 3 is 2.60 bits per heavy atom. The van der Waals surface area contributed by atoms with Gasteiger partial charge in [-0.25, -0.2) is 9.59 Å². The molecule has 6 heteroatoms. The van der Waals surface area contributed by atoms with E-state index in [0.29, 0.717) is 18.9 Å². The van der Waals surface area contributed by atoms with Crippen molar-refractivity contribution in [2.75, 3.05) is 32.2 Å². The highest BCUT2D eigenvalue weighted by atomic mass is 16.5. The third-order valence-electron chi connectivity index (χ3n) is 3.54. The zero-order valence-corrected chi connectivity index (χ0v) is 11.6. The fourth-order valence-electron chi connectivity index (χ4n) is 2.27. The highest BCUT2D eigenvalue weighted by Gasteiger charge is 2.28. The van der Waals surface area contributed by atoms with Crippen molar-refractivity contribution in [1.29, 1.82) is 0 Å². The molecule has 1 unspecified atom stereocenters. The number of carboxylic acid groups (broad SMARTS) is 1. The van der Waals surface area contributed by atoms with Crippen molar-refractivity contribution in [2.24, 2.45) is 0 Å². The maximum atomic E-state index is 12.4. The minimum atomic E-state index is -1.05. The number of amides is 2. The summed E-state index contributed by atoms with van der Waals surface area (Å²) < 4.78 is 5.27. The summed E-state index contributed by atoms with van der Waals surface area (Å²) in [6.45, 7) is 1.17. The van der Waals surface area contributed by atoms with E-state index in [4.69, 9.17) is 4.74 Å². The number of para-hydroxylation sites is 1. The molecule has 0 aromatic heterocycles. The highest BCUT2D eigenvalue weighted by Crippen LogP contribution is 2.21. The van der Waals surface area contributed by atoms with Crippen molar-refractivity contribution in [3.8, 4) is 0 Å². The van der Waals surface area contributed by atoms with Gasteiger partial charge in [0.1, 0.15) is 0 Å². The number of rotatable bonds is 3. The van der Waals surface area contributed by atoms with E-state index in [2.05, 4.69) is 0 Å². The predicted molar refractivity (Wildman–Crippen MR) is 74.2 cm³/mol.